The van der Waals surface area contributed by atoms with Crippen LogP contribution in [0.3, 0.4) is 0 Å². The number of aliphatic hydroxyl groups excluding tert-OH is 1. The summed E-state index contributed by atoms with van der Waals surface area (Å²) in [4.78, 5) is 12.5. The van der Waals surface area contributed by atoms with Crippen molar-refractivity contribution in [2.24, 2.45) is 0 Å². The zero-order chi connectivity index (χ0) is 20.0. The molecule has 1 aliphatic rings. The van der Waals surface area contributed by atoms with Crippen LogP contribution >= 0.6 is 0 Å². The predicted octanol–water partition coefficient (Wildman–Crippen LogP) is 2.85. The third kappa shape index (κ3) is 6.85. The van der Waals surface area contributed by atoms with E-state index < -0.39 is 34.3 Å². The van der Waals surface area contributed by atoms with Gasteiger partial charge in [-0.25, -0.2) is 4.79 Å². The van der Waals surface area contributed by atoms with Gasteiger partial charge in [0.15, 0.2) is 0 Å². The van der Waals surface area contributed by atoms with Crippen molar-refractivity contribution in [3.8, 4) is 11.5 Å². The number of esters is 1. The summed E-state index contributed by atoms with van der Waals surface area (Å²) in [6.07, 6.45) is 6.34. The van der Waals surface area contributed by atoms with E-state index in [1.54, 1.807) is 13.0 Å². The maximum absolute atomic E-state index is 12.5. The molecule has 0 saturated carbocycles. The number of carbonyl (C=O) groups is 1. The highest BCUT2D eigenvalue weighted by atomic mass is 32.3. The van der Waals surface area contributed by atoms with E-state index in [0.717, 1.165) is 12.5 Å². The van der Waals surface area contributed by atoms with Crippen LogP contribution in [0.2, 0.25) is 0 Å². The molecule has 1 aromatic carbocycles. The molecule has 0 saturated heterocycles. The maximum Gasteiger partial charge on any atom is 0.446 e. The van der Waals surface area contributed by atoms with Gasteiger partial charge in [0.1, 0.15) is 17.1 Å². The molecule has 1 aromatic rings. The number of rotatable bonds is 2. The fourth-order valence-electron chi connectivity index (χ4n) is 2.91. The Hall–Kier alpha value is -2.10. The molecule has 2 unspecified atom stereocenters. The monoisotopic (exact) mass is 400 g/mol. The van der Waals surface area contributed by atoms with Crippen LogP contribution in [0.4, 0.5) is 0 Å². The molecule has 1 heterocycles. The van der Waals surface area contributed by atoms with Crippen LogP contribution in [0, 0.1) is 0 Å². The summed E-state index contributed by atoms with van der Waals surface area (Å²) in [6.45, 7) is 1.72. The zero-order valence-corrected chi connectivity index (χ0v) is 15.8. The van der Waals surface area contributed by atoms with E-state index in [1.807, 2.05) is 0 Å². The fraction of sp³-hybridized carbons (Fsp3) is 0.500. The Labute approximate surface area is 158 Å². The lowest BCUT2D eigenvalue weighted by Gasteiger charge is -2.17. The van der Waals surface area contributed by atoms with Crippen LogP contribution in [-0.4, -0.2) is 41.4 Å². The van der Waals surface area contributed by atoms with Crippen molar-refractivity contribution < 1.29 is 36.9 Å². The van der Waals surface area contributed by atoms with Gasteiger partial charge in [-0.15, -0.1) is 0 Å². The lowest BCUT2D eigenvalue weighted by molar-refractivity contribution is 0.0307. The van der Waals surface area contributed by atoms with E-state index in [2.05, 4.69) is 4.18 Å². The third-order valence-corrected chi connectivity index (χ3v) is 4.59. The lowest BCUT2D eigenvalue weighted by atomic mass is 10.0. The van der Waals surface area contributed by atoms with E-state index in [-0.39, 0.29) is 16.9 Å². The Morgan fingerprint density at radius 3 is 2.59 bits per heavy atom. The van der Waals surface area contributed by atoms with Crippen LogP contribution in [-0.2, 0) is 15.1 Å². The third-order valence-electron chi connectivity index (χ3n) is 4.19. The zero-order valence-electron chi connectivity index (χ0n) is 15.0. The molecule has 9 heteroatoms. The summed E-state index contributed by atoms with van der Waals surface area (Å²) in [7, 11) is -4.78. The summed E-state index contributed by atoms with van der Waals surface area (Å²) >= 11 is 0. The number of allylic oxidation sites excluding steroid dienone is 1. The molecule has 0 fully saturated rings. The van der Waals surface area contributed by atoms with Crippen molar-refractivity contribution in [3.05, 3.63) is 29.3 Å². The Kier molecular flexibility index (Phi) is 7.23. The lowest BCUT2D eigenvalue weighted by Crippen LogP contribution is -2.17. The molecule has 8 nitrogen and oxygen atoms in total. The van der Waals surface area contributed by atoms with E-state index in [9.17, 15) is 23.4 Å². The number of benzene rings is 1. The van der Waals surface area contributed by atoms with Crippen LogP contribution < -0.4 is 4.18 Å². The van der Waals surface area contributed by atoms with Gasteiger partial charge in [-0.3, -0.25) is 4.55 Å². The number of phenols is 1. The van der Waals surface area contributed by atoms with E-state index >= 15 is 0 Å². The topological polar surface area (TPSA) is 130 Å². The molecule has 0 radical (unpaired) electrons. The van der Waals surface area contributed by atoms with Crippen molar-refractivity contribution in [3.63, 3.8) is 0 Å². The molecule has 2 atom stereocenters. The average molecular weight is 400 g/mol. The first kappa shape index (κ1) is 21.2. The Morgan fingerprint density at radius 2 is 1.89 bits per heavy atom. The molecule has 0 spiro atoms. The summed E-state index contributed by atoms with van der Waals surface area (Å²) in [5, 5.41) is 20.1. The minimum Gasteiger partial charge on any atom is -0.507 e. The standard InChI is InChI=1S/C18H24O8S/c1-12-6-5-9-14(19)8-4-2-3-7-13-10-15(26-27(22,23)24)11-16(20)17(13)18(21)25-12/h3,7,10-12,14,19-20H,2,4-6,8-9H2,1H3,(H,22,23,24)/b7-3+. The molecule has 0 bridgehead atoms. The number of cyclic esters (lactones) is 1. The summed E-state index contributed by atoms with van der Waals surface area (Å²) in [5.74, 6) is -1.61. The first-order valence-electron chi connectivity index (χ1n) is 8.75. The molecular formula is C18H24O8S. The van der Waals surface area contributed by atoms with Crippen molar-refractivity contribution in [2.45, 2.75) is 57.7 Å². The van der Waals surface area contributed by atoms with E-state index in [4.69, 9.17) is 9.29 Å². The molecule has 3 N–H and O–H groups in total. The van der Waals surface area contributed by atoms with Gasteiger partial charge in [0.05, 0.1) is 12.2 Å². The van der Waals surface area contributed by atoms with Crippen LogP contribution in [0.1, 0.15) is 61.4 Å². The summed E-state index contributed by atoms with van der Waals surface area (Å²) in [6, 6.07) is 2.14. The highest BCUT2D eigenvalue weighted by molar-refractivity contribution is 7.81. The second kappa shape index (κ2) is 9.20. The van der Waals surface area contributed by atoms with Crippen molar-refractivity contribution >= 4 is 22.4 Å². The Bertz CT molecular complexity index is 800. The molecule has 150 valence electrons. The van der Waals surface area contributed by atoms with Gasteiger partial charge in [-0.2, -0.15) is 8.42 Å². The maximum atomic E-state index is 12.5. The highest BCUT2D eigenvalue weighted by Gasteiger charge is 2.22. The number of carbonyl (C=O) groups excluding carboxylic acids is 1. The summed E-state index contributed by atoms with van der Waals surface area (Å²) in [5.41, 5.74) is 0.0846. The number of hydrogen-bond acceptors (Lipinski definition) is 7. The molecule has 27 heavy (non-hydrogen) atoms. The normalized spacial score (nSPS) is 23.6. The number of phenolic OH excluding ortho intramolecular Hbond substituents is 1. The number of ether oxygens (including phenoxy) is 1. The minimum atomic E-state index is -4.78. The van der Waals surface area contributed by atoms with Crippen LogP contribution in [0.15, 0.2) is 18.2 Å². The van der Waals surface area contributed by atoms with Crippen molar-refractivity contribution in [1.29, 1.82) is 0 Å². The number of aliphatic hydroxyl groups is 1. The Balaban J connectivity index is 2.39. The van der Waals surface area contributed by atoms with Gasteiger partial charge < -0.3 is 19.1 Å². The summed E-state index contributed by atoms with van der Waals surface area (Å²) < 4.78 is 40.4. The Morgan fingerprint density at radius 1 is 1.19 bits per heavy atom. The van der Waals surface area contributed by atoms with Crippen LogP contribution in [0.25, 0.3) is 6.08 Å². The fourth-order valence-corrected chi connectivity index (χ4v) is 3.25. The quantitative estimate of drug-likeness (QED) is 0.510. The van der Waals surface area contributed by atoms with E-state index in [1.165, 1.54) is 12.1 Å². The second-order valence-corrected chi connectivity index (χ2v) is 7.57. The molecule has 0 amide bonds. The van der Waals surface area contributed by atoms with Gasteiger partial charge in [0.2, 0.25) is 0 Å². The number of fused-ring (bicyclic) bond motifs is 1. The second-order valence-electron chi connectivity index (χ2n) is 6.55. The largest absolute Gasteiger partial charge is 0.507 e. The first-order valence-corrected chi connectivity index (χ1v) is 10.1. The molecular weight excluding hydrogens is 376 g/mol. The SMILES string of the molecule is CC1CCCC(O)CCC/C=C/c2cc(OS(=O)(=O)O)cc(O)c2C(=O)O1. The molecule has 0 aromatic heterocycles. The van der Waals surface area contributed by atoms with Crippen molar-refractivity contribution in [2.75, 3.05) is 0 Å². The average Bonchev–Trinajstić information content (AvgIpc) is 2.51. The number of aromatic hydroxyl groups is 1. The number of hydrogen-bond donors (Lipinski definition) is 3. The van der Waals surface area contributed by atoms with Gasteiger partial charge >= 0.3 is 16.4 Å². The van der Waals surface area contributed by atoms with Crippen molar-refractivity contribution in [1.82, 2.24) is 0 Å². The first-order chi connectivity index (χ1) is 12.7. The van der Waals surface area contributed by atoms with Gasteiger partial charge in [0, 0.05) is 6.07 Å². The van der Waals surface area contributed by atoms with Crippen LogP contribution in [0.5, 0.6) is 11.5 Å². The van der Waals surface area contributed by atoms with E-state index in [0.29, 0.717) is 32.1 Å². The van der Waals surface area contributed by atoms with Gasteiger partial charge in [-0.05, 0) is 57.1 Å². The van der Waals surface area contributed by atoms with Gasteiger partial charge in [0.25, 0.3) is 0 Å². The highest BCUT2D eigenvalue weighted by Crippen LogP contribution is 2.31. The smallest absolute Gasteiger partial charge is 0.446 e. The predicted molar refractivity (Wildman–Crippen MR) is 97.9 cm³/mol. The molecule has 2 rings (SSSR count). The molecule has 1 aliphatic heterocycles. The minimum absolute atomic E-state index is 0.113. The van der Waals surface area contributed by atoms with Gasteiger partial charge in [-0.1, -0.05) is 12.2 Å². The molecule has 0 aliphatic carbocycles.